The number of carbonyl (C=O) groups is 1. The molecule has 0 heterocycles. The highest BCUT2D eigenvalue weighted by molar-refractivity contribution is 5.78. The first-order chi connectivity index (χ1) is 6.03. The molecule has 0 radical (unpaired) electrons. The van der Waals surface area contributed by atoms with Gasteiger partial charge in [-0.05, 0) is 19.8 Å². The zero-order valence-electron chi connectivity index (χ0n) is 7.43. The topological polar surface area (TPSA) is 52.3 Å². The molecule has 0 aromatic carbocycles. The molecule has 0 saturated heterocycles. The van der Waals surface area contributed by atoms with Crippen LogP contribution >= 0.6 is 0 Å². The van der Waals surface area contributed by atoms with Crippen LogP contribution in [0.4, 0.5) is 8.78 Å². The van der Waals surface area contributed by atoms with Gasteiger partial charge >= 0.3 is 5.97 Å². The second kappa shape index (κ2) is 3.57. The van der Waals surface area contributed by atoms with Gasteiger partial charge in [-0.25, -0.2) is 8.78 Å². The Hall–Kier alpha value is -0.710. The van der Waals surface area contributed by atoms with E-state index in [1.165, 1.54) is 0 Å². The van der Waals surface area contributed by atoms with Gasteiger partial charge in [0, 0.05) is 6.04 Å². The maximum atomic E-state index is 12.5. The third-order valence-electron chi connectivity index (χ3n) is 2.35. The van der Waals surface area contributed by atoms with Crippen molar-refractivity contribution >= 4 is 5.97 Å². The zero-order chi connectivity index (χ0) is 10.1. The van der Waals surface area contributed by atoms with E-state index in [0.29, 0.717) is 0 Å². The molecule has 2 N–H and O–H groups in total. The SMILES string of the molecule is CCOC(=O)C1(C(F)F)CC(N)C1. The number of nitrogens with two attached hydrogens (primary N) is 1. The van der Waals surface area contributed by atoms with Crippen LogP contribution in [0.2, 0.25) is 0 Å². The highest BCUT2D eigenvalue weighted by Crippen LogP contribution is 2.46. The van der Waals surface area contributed by atoms with E-state index in [0.717, 1.165) is 0 Å². The van der Waals surface area contributed by atoms with Crippen LogP contribution < -0.4 is 5.73 Å². The van der Waals surface area contributed by atoms with Crippen molar-refractivity contribution in [3.63, 3.8) is 0 Å². The summed E-state index contributed by atoms with van der Waals surface area (Å²) in [6.45, 7) is 1.72. The molecule has 1 aliphatic carbocycles. The number of carbonyl (C=O) groups excluding carboxylic acids is 1. The quantitative estimate of drug-likeness (QED) is 0.678. The third-order valence-corrected chi connectivity index (χ3v) is 2.35. The molecule has 0 atom stereocenters. The smallest absolute Gasteiger partial charge is 0.318 e. The van der Waals surface area contributed by atoms with E-state index in [1.54, 1.807) is 6.92 Å². The number of ether oxygens (including phenoxy) is 1. The molecule has 1 aliphatic rings. The largest absolute Gasteiger partial charge is 0.465 e. The predicted molar refractivity (Wildman–Crippen MR) is 42.3 cm³/mol. The molecule has 0 aromatic heterocycles. The van der Waals surface area contributed by atoms with E-state index >= 15 is 0 Å². The minimum atomic E-state index is -2.67. The van der Waals surface area contributed by atoms with Gasteiger partial charge in [0.25, 0.3) is 6.43 Å². The first kappa shape index (κ1) is 10.4. The third kappa shape index (κ3) is 1.65. The summed E-state index contributed by atoms with van der Waals surface area (Å²) in [7, 11) is 0. The summed E-state index contributed by atoms with van der Waals surface area (Å²) in [4.78, 5) is 11.2. The normalized spacial score (nSPS) is 32.8. The van der Waals surface area contributed by atoms with Gasteiger partial charge in [0.2, 0.25) is 0 Å². The molecular weight excluding hydrogens is 180 g/mol. The van der Waals surface area contributed by atoms with Crippen LogP contribution in [0.15, 0.2) is 0 Å². The number of halogens is 2. The molecule has 3 nitrogen and oxygen atoms in total. The Morgan fingerprint density at radius 2 is 2.23 bits per heavy atom. The first-order valence-electron chi connectivity index (χ1n) is 4.24. The van der Waals surface area contributed by atoms with E-state index in [9.17, 15) is 13.6 Å². The Balaban J connectivity index is 2.64. The Kier molecular flexibility index (Phi) is 2.85. The predicted octanol–water partition coefficient (Wildman–Crippen LogP) is 0.922. The molecule has 13 heavy (non-hydrogen) atoms. The van der Waals surface area contributed by atoms with Crippen LogP contribution in [0.5, 0.6) is 0 Å². The number of hydrogen-bond acceptors (Lipinski definition) is 3. The summed E-state index contributed by atoms with van der Waals surface area (Å²) in [6, 6.07) is -0.293. The van der Waals surface area contributed by atoms with Gasteiger partial charge in [0.15, 0.2) is 0 Å². The summed E-state index contributed by atoms with van der Waals surface area (Å²) < 4.78 is 29.6. The molecule has 1 rings (SSSR count). The Morgan fingerprint density at radius 3 is 2.54 bits per heavy atom. The van der Waals surface area contributed by atoms with Crippen LogP contribution in [-0.2, 0) is 9.53 Å². The highest BCUT2D eigenvalue weighted by Gasteiger charge is 2.56. The van der Waals surface area contributed by atoms with Gasteiger partial charge in [0.05, 0.1) is 6.61 Å². The van der Waals surface area contributed by atoms with Crippen LogP contribution in [0, 0.1) is 5.41 Å². The van der Waals surface area contributed by atoms with E-state index in [-0.39, 0.29) is 25.5 Å². The molecule has 1 saturated carbocycles. The van der Waals surface area contributed by atoms with Crippen LogP contribution in [0.1, 0.15) is 19.8 Å². The molecule has 0 amide bonds. The molecule has 0 unspecified atom stereocenters. The van der Waals surface area contributed by atoms with Crippen molar-refractivity contribution in [3.8, 4) is 0 Å². The number of alkyl halides is 2. The minimum Gasteiger partial charge on any atom is -0.465 e. The van der Waals surface area contributed by atoms with E-state index < -0.39 is 17.8 Å². The average Bonchev–Trinajstić information content (AvgIpc) is 1.98. The molecule has 1 fully saturated rings. The van der Waals surface area contributed by atoms with Gasteiger partial charge in [-0.2, -0.15) is 0 Å². The fourth-order valence-electron chi connectivity index (χ4n) is 1.58. The summed E-state index contributed by atoms with van der Waals surface area (Å²) in [5.41, 5.74) is 3.77. The maximum absolute atomic E-state index is 12.5. The summed E-state index contributed by atoms with van der Waals surface area (Å²) in [6.07, 6.45) is -2.61. The lowest BCUT2D eigenvalue weighted by atomic mass is 9.66. The molecule has 0 aromatic rings. The molecule has 5 heteroatoms. The van der Waals surface area contributed by atoms with Crippen LogP contribution in [0.25, 0.3) is 0 Å². The minimum absolute atomic E-state index is 0.0312. The van der Waals surface area contributed by atoms with E-state index in [4.69, 9.17) is 5.73 Å². The maximum Gasteiger partial charge on any atom is 0.318 e. The van der Waals surface area contributed by atoms with Gasteiger partial charge in [0.1, 0.15) is 5.41 Å². The highest BCUT2D eigenvalue weighted by atomic mass is 19.3. The zero-order valence-corrected chi connectivity index (χ0v) is 7.43. The Morgan fingerprint density at radius 1 is 1.69 bits per heavy atom. The summed E-state index contributed by atoms with van der Waals surface area (Å²) in [5.74, 6) is -0.813. The number of hydrogen-bond donors (Lipinski definition) is 1. The second-order valence-electron chi connectivity index (χ2n) is 3.35. The lowest BCUT2D eigenvalue weighted by Crippen LogP contribution is -2.55. The monoisotopic (exact) mass is 193 g/mol. The number of esters is 1. The van der Waals surface area contributed by atoms with E-state index in [2.05, 4.69) is 4.74 Å². The molecule has 76 valence electrons. The van der Waals surface area contributed by atoms with Gasteiger partial charge in [-0.15, -0.1) is 0 Å². The van der Waals surface area contributed by atoms with Gasteiger partial charge in [-0.3, -0.25) is 4.79 Å². The van der Waals surface area contributed by atoms with Crippen LogP contribution in [0.3, 0.4) is 0 Å². The standard InChI is InChI=1S/C8H13F2NO2/c1-2-13-7(12)8(6(9)10)3-5(11)4-8/h5-6H,2-4,11H2,1H3. The molecule has 0 spiro atoms. The van der Waals surface area contributed by atoms with Crippen molar-refractivity contribution in [2.24, 2.45) is 11.1 Å². The van der Waals surface area contributed by atoms with Crippen molar-refractivity contribution in [3.05, 3.63) is 0 Å². The summed E-state index contributed by atoms with van der Waals surface area (Å²) in [5, 5.41) is 0. The van der Waals surface area contributed by atoms with Crippen molar-refractivity contribution < 1.29 is 18.3 Å². The number of rotatable bonds is 3. The van der Waals surface area contributed by atoms with Gasteiger partial charge < -0.3 is 10.5 Å². The molecule has 0 aliphatic heterocycles. The fraction of sp³-hybridized carbons (Fsp3) is 0.875. The van der Waals surface area contributed by atoms with E-state index in [1.807, 2.05) is 0 Å². The lowest BCUT2D eigenvalue weighted by molar-refractivity contribution is -0.177. The second-order valence-corrected chi connectivity index (χ2v) is 3.35. The van der Waals surface area contributed by atoms with Crippen LogP contribution in [-0.4, -0.2) is 25.0 Å². The van der Waals surface area contributed by atoms with Crippen molar-refractivity contribution in [1.29, 1.82) is 0 Å². The average molecular weight is 193 g/mol. The van der Waals surface area contributed by atoms with Crippen molar-refractivity contribution in [1.82, 2.24) is 0 Å². The summed E-state index contributed by atoms with van der Waals surface area (Å²) >= 11 is 0. The van der Waals surface area contributed by atoms with Gasteiger partial charge in [-0.1, -0.05) is 0 Å². The lowest BCUT2D eigenvalue weighted by Gasteiger charge is -2.42. The molecular formula is C8H13F2NO2. The van der Waals surface area contributed by atoms with Crippen molar-refractivity contribution in [2.75, 3.05) is 6.61 Å². The fourth-order valence-corrected chi connectivity index (χ4v) is 1.58. The molecule has 0 bridgehead atoms. The Labute approximate surface area is 75.2 Å². The Bertz CT molecular complexity index is 202. The first-order valence-corrected chi connectivity index (χ1v) is 4.24. The van der Waals surface area contributed by atoms with Crippen molar-refractivity contribution in [2.45, 2.75) is 32.2 Å².